The highest BCUT2D eigenvalue weighted by atomic mass is 127. The fourth-order valence-electron chi connectivity index (χ4n) is 2.10. The number of para-hydroxylation sites is 1. The third kappa shape index (κ3) is 3.16. The molecule has 0 spiro atoms. The third-order valence-corrected chi connectivity index (χ3v) is 3.79. The van der Waals surface area contributed by atoms with E-state index in [1.54, 1.807) is 24.3 Å². The number of amides is 2. The molecule has 1 aliphatic heterocycles. The number of hydrazone groups is 1. The number of halogens is 1. The van der Waals surface area contributed by atoms with Gasteiger partial charge in [-0.15, -0.1) is 0 Å². The van der Waals surface area contributed by atoms with E-state index in [4.69, 9.17) is 0 Å². The molecule has 2 amide bonds. The Morgan fingerprint density at radius 2 is 1.91 bits per heavy atom. The van der Waals surface area contributed by atoms with Gasteiger partial charge in [0.1, 0.15) is 5.84 Å². The maximum atomic E-state index is 12.2. The Hall–Kier alpha value is -2.22. The quantitative estimate of drug-likeness (QED) is 0.782. The van der Waals surface area contributed by atoms with E-state index in [1.165, 1.54) is 5.01 Å². The fraction of sp³-hybridized carbons (Fsp3) is 0.0625. The minimum Gasteiger partial charge on any atom is -0.308 e. The van der Waals surface area contributed by atoms with Gasteiger partial charge in [-0.3, -0.25) is 9.59 Å². The van der Waals surface area contributed by atoms with Crippen LogP contribution in [0, 0.1) is 3.57 Å². The molecule has 0 atom stereocenters. The van der Waals surface area contributed by atoms with Crippen molar-refractivity contribution in [1.82, 2.24) is 5.32 Å². The molecule has 2 aromatic rings. The van der Waals surface area contributed by atoms with E-state index in [9.17, 15) is 9.59 Å². The van der Waals surface area contributed by atoms with Crippen LogP contribution in [0.15, 0.2) is 59.7 Å². The molecule has 1 N–H and O–H groups in total. The SMILES string of the molecule is O=C(NC1=NN(c2ccccc2)C(=O)C1)c1cccc(I)c1. The van der Waals surface area contributed by atoms with E-state index in [-0.39, 0.29) is 18.2 Å². The molecule has 2 aromatic carbocycles. The van der Waals surface area contributed by atoms with Gasteiger partial charge in [-0.25, -0.2) is 0 Å². The summed E-state index contributed by atoms with van der Waals surface area (Å²) in [4.78, 5) is 24.2. The van der Waals surface area contributed by atoms with Gasteiger partial charge in [0, 0.05) is 9.13 Å². The molecule has 22 heavy (non-hydrogen) atoms. The lowest BCUT2D eigenvalue weighted by Crippen LogP contribution is -2.29. The van der Waals surface area contributed by atoms with Crippen molar-refractivity contribution < 1.29 is 9.59 Å². The zero-order chi connectivity index (χ0) is 15.5. The Balaban J connectivity index is 1.76. The van der Waals surface area contributed by atoms with Gasteiger partial charge in [0.05, 0.1) is 12.1 Å². The second-order valence-electron chi connectivity index (χ2n) is 4.73. The molecule has 0 aromatic heterocycles. The van der Waals surface area contributed by atoms with Gasteiger partial charge in [0.25, 0.3) is 11.8 Å². The monoisotopic (exact) mass is 405 g/mol. The van der Waals surface area contributed by atoms with Crippen molar-refractivity contribution in [1.29, 1.82) is 0 Å². The van der Waals surface area contributed by atoms with Crippen LogP contribution < -0.4 is 10.3 Å². The molecule has 0 saturated heterocycles. The van der Waals surface area contributed by atoms with E-state index in [2.05, 4.69) is 33.0 Å². The van der Waals surface area contributed by atoms with Crippen LogP contribution in [0.4, 0.5) is 5.69 Å². The molecule has 0 radical (unpaired) electrons. The molecule has 6 heteroatoms. The standard InChI is InChI=1S/C16H12IN3O2/c17-12-6-4-5-11(9-12)16(22)18-14-10-15(21)20(19-14)13-7-2-1-3-8-13/h1-9H,10H2,(H,18,19,22). The number of hydrogen-bond acceptors (Lipinski definition) is 3. The van der Waals surface area contributed by atoms with E-state index in [0.717, 1.165) is 3.57 Å². The molecule has 110 valence electrons. The summed E-state index contributed by atoms with van der Waals surface area (Å²) in [5, 5.41) is 8.20. The number of carbonyl (C=O) groups is 2. The van der Waals surface area contributed by atoms with Gasteiger partial charge in [-0.1, -0.05) is 24.3 Å². The summed E-state index contributed by atoms with van der Waals surface area (Å²) in [5.74, 6) is -0.0677. The summed E-state index contributed by atoms with van der Waals surface area (Å²) >= 11 is 2.15. The number of anilines is 1. The molecule has 0 unspecified atom stereocenters. The average Bonchev–Trinajstić information content (AvgIpc) is 2.88. The van der Waals surface area contributed by atoms with Crippen LogP contribution in [0.2, 0.25) is 0 Å². The van der Waals surface area contributed by atoms with E-state index >= 15 is 0 Å². The molecular weight excluding hydrogens is 393 g/mol. The lowest BCUT2D eigenvalue weighted by atomic mass is 10.2. The summed E-state index contributed by atoms with van der Waals surface area (Å²) < 4.78 is 0.973. The number of rotatable bonds is 2. The Morgan fingerprint density at radius 3 is 2.64 bits per heavy atom. The van der Waals surface area contributed by atoms with Crippen LogP contribution in [0.5, 0.6) is 0 Å². The first kappa shape index (κ1) is 14.7. The van der Waals surface area contributed by atoms with E-state index in [1.807, 2.05) is 30.3 Å². The Bertz CT molecular complexity index is 759. The largest absolute Gasteiger partial charge is 0.308 e. The fourth-order valence-corrected chi connectivity index (χ4v) is 2.65. The summed E-state index contributed by atoms with van der Waals surface area (Å²) in [6.07, 6.45) is 0.0879. The zero-order valence-electron chi connectivity index (χ0n) is 11.5. The van der Waals surface area contributed by atoms with Crippen molar-refractivity contribution in [3.8, 4) is 0 Å². The van der Waals surface area contributed by atoms with Crippen molar-refractivity contribution in [2.75, 3.05) is 5.01 Å². The Labute approximate surface area is 141 Å². The van der Waals surface area contributed by atoms with Gasteiger partial charge in [0.15, 0.2) is 0 Å². The molecular formula is C16H12IN3O2. The Kier molecular flexibility index (Phi) is 4.19. The summed E-state index contributed by atoms with van der Waals surface area (Å²) in [6, 6.07) is 16.4. The molecule has 0 fully saturated rings. The van der Waals surface area contributed by atoms with Crippen molar-refractivity contribution in [2.24, 2.45) is 5.10 Å². The van der Waals surface area contributed by atoms with Crippen LogP contribution in [-0.2, 0) is 4.79 Å². The summed E-state index contributed by atoms with van der Waals surface area (Å²) in [5.41, 5.74) is 1.23. The average molecular weight is 405 g/mol. The molecule has 0 bridgehead atoms. The molecule has 0 saturated carbocycles. The topological polar surface area (TPSA) is 61.8 Å². The molecule has 1 aliphatic rings. The van der Waals surface area contributed by atoms with Crippen LogP contribution in [0.1, 0.15) is 16.8 Å². The number of nitrogens with one attached hydrogen (secondary N) is 1. The highest BCUT2D eigenvalue weighted by Gasteiger charge is 2.26. The van der Waals surface area contributed by atoms with Crippen LogP contribution in [0.3, 0.4) is 0 Å². The number of benzene rings is 2. The third-order valence-electron chi connectivity index (χ3n) is 3.12. The maximum Gasteiger partial charge on any atom is 0.256 e. The first-order valence-electron chi connectivity index (χ1n) is 6.66. The predicted octanol–water partition coefficient (Wildman–Crippen LogP) is 2.77. The van der Waals surface area contributed by atoms with Crippen molar-refractivity contribution >= 4 is 45.9 Å². The number of nitrogens with zero attached hydrogens (tertiary/aromatic N) is 2. The van der Waals surface area contributed by atoms with Gasteiger partial charge < -0.3 is 5.32 Å². The molecule has 1 heterocycles. The van der Waals surface area contributed by atoms with Crippen molar-refractivity contribution in [3.05, 3.63) is 63.7 Å². The minimum atomic E-state index is -0.264. The Morgan fingerprint density at radius 1 is 1.14 bits per heavy atom. The first-order chi connectivity index (χ1) is 10.6. The van der Waals surface area contributed by atoms with Crippen LogP contribution in [0.25, 0.3) is 0 Å². The summed E-state index contributed by atoms with van der Waals surface area (Å²) in [7, 11) is 0. The molecule has 3 rings (SSSR count). The molecule has 0 aliphatic carbocycles. The van der Waals surface area contributed by atoms with E-state index in [0.29, 0.717) is 17.1 Å². The number of hydrogen-bond donors (Lipinski definition) is 1. The molecule has 5 nitrogen and oxygen atoms in total. The first-order valence-corrected chi connectivity index (χ1v) is 7.74. The van der Waals surface area contributed by atoms with Crippen LogP contribution >= 0.6 is 22.6 Å². The van der Waals surface area contributed by atoms with Crippen molar-refractivity contribution in [3.63, 3.8) is 0 Å². The lowest BCUT2D eigenvalue weighted by molar-refractivity contribution is -0.116. The normalized spacial score (nSPS) is 14.0. The van der Waals surface area contributed by atoms with Crippen molar-refractivity contribution in [2.45, 2.75) is 6.42 Å². The minimum absolute atomic E-state index is 0.0879. The highest BCUT2D eigenvalue weighted by Crippen LogP contribution is 2.19. The highest BCUT2D eigenvalue weighted by molar-refractivity contribution is 14.1. The summed E-state index contributed by atoms with van der Waals surface area (Å²) in [6.45, 7) is 0. The zero-order valence-corrected chi connectivity index (χ0v) is 13.6. The van der Waals surface area contributed by atoms with E-state index < -0.39 is 0 Å². The number of carbonyl (C=O) groups excluding carboxylic acids is 2. The number of amidine groups is 1. The smallest absolute Gasteiger partial charge is 0.256 e. The second kappa shape index (κ2) is 6.27. The van der Waals surface area contributed by atoms with Crippen LogP contribution in [-0.4, -0.2) is 17.6 Å². The van der Waals surface area contributed by atoms with Gasteiger partial charge in [-0.05, 0) is 52.9 Å². The van der Waals surface area contributed by atoms with Gasteiger partial charge in [-0.2, -0.15) is 10.1 Å². The van der Waals surface area contributed by atoms with Gasteiger partial charge >= 0.3 is 0 Å². The second-order valence-corrected chi connectivity index (χ2v) is 5.97. The lowest BCUT2D eigenvalue weighted by Gasteiger charge is -2.10. The predicted molar refractivity (Wildman–Crippen MR) is 92.6 cm³/mol. The van der Waals surface area contributed by atoms with Gasteiger partial charge in [0.2, 0.25) is 0 Å². The maximum absolute atomic E-state index is 12.2.